The quantitative estimate of drug-likeness (QED) is 0.943. The van der Waals surface area contributed by atoms with Gasteiger partial charge in [-0.2, -0.15) is 0 Å². The summed E-state index contributed by atoms with van der Waals surface area (Å²) in [4.78, 5) is 14.3. The molecule has 1 saturated heterocycles. The number of hydrogen-bond acceptors (Lipinski definition) is 3. The molecule has 0 unspecified atom stereocenters. The Hall–Kier alpha value is -1.10. The third kappa shape index (κ3) is 2.48. The molecule has 100 valence electrons. The Bertz CT molecular complexity index is 625. The number of carboxylic acid groups (broad SMARTS) is 1. The summed E-state index contributed by atoms with van der Waals surface area (Å²) in [5, 5.41) is 10.9. The van der Waals surface area contributed by atoms with Crippen LogP contribution in [-0.4, -0.2) is 29.1 Å². The fourth-order valence-electron chi connectivity index (χ4n) is 2.55. The Morgan fingerprint density at radius 1 is 1.47 bits per heavy atom. The van der Waals surface area contributed by atoms with Gasteiger partial charge < -0.3 is 5.11 Å². The van der Waals surface area contributed by atoms with Crippen LogP contribution in [0.5, 0.6) is 0 Å². The third-order valence-corrected chi connectivity index (χ3v) is 5.29. The molecule has 1 atom stereocenters. The highest BCUT2D eigenvalue weighted by Gasteiger charge is 2.28. The van der Waals surface area contributed by atoms with E-state index in [2.05, 4.69) is 11.0 Å². The van der Waals surface area contributed by atoms with Crippen molar-refractivity contribution >= 4 is 39.0 Å². The lowest BCUT2D eigenvalue weighted by atomic mass is 10.1. The van der Waals surface area contributed by atoms with Gasteiger partial charge in [0, 0.05) is 28.1 Å². The number of benzene rings is 1. The number of hydrogen-bond donors (Lipinski definition) is 1. The SMILES string of the molecule is O=C(O)[C@H]1CCN(Cc2sc3ccccc3c2Cl)C1. The zero-order valence-corrected chi connectivity index (χ0v) is 11.9. The molecule has 0 amide bonds. The second-order valence-corrected chi connectivity index (χ2v) is 6.41. The average molecular weight is 296 g/mol. The number of aliphatic carboxylic acids is 1. The van der Waals surface area contributed by atoms with E-state index >= 15 is 0 Å². The van der Waals surface area contributed by atoms with Crippen LogP contribution in [-0.2, 0) is 11.3 Å². The lowest BCUT2D eigenvalue weighted by Gasteiger charge is -2.13. The lowest BCUT2D eigenvalue weighted by molar-refractivity contribution is -0.141. The number of carboxylic acids is 1. The van der Waals surface area contributed by atoms with Crippen LogP contribution >= 0.6 is 22.9 Å². The molecule has 1 aromatic carbocycles. The van der Waals surface area contributed by atoms with E-state index in [1.54, 1.807) is 11.3 Å². The maximum Gasteiger partial charge on any atom is 0.307 e. The maximum atomic E-state index is 11.0. The topological polar surface area (TPSA) is 40.5 Å². The van der Waals surface area contributed by atoms with Gasteiger partial charge in [0.25, 0.3) is 0 Å². The second kappa shape index (κ2) is 5.12. The smallest absolute Gasteiger partial charge is 0.307 e. The van der Waals surface area contributed by atoms with Crippen molar-refractivity contribution in [1.29, 1.82) is 0 Å². The summed E-state index contributed by atoms with van der Waals surface area (Å²) in [7, 11) is 0. The van der Waals surface area contributed by atoms with Gasteiger partial charge in [0.05, 0.1) is 10.9 Å². The van der Waals surface area contributed by atoms with Gasteiger partial charge in [0.1, 0.15) is 0 Å². The fourth-order valence-corrected chi connectivity index (χ4v) is 4.08. The van der Waals surface area contributed by atoms with Crippen LogP contribution in [0.1, 0.15) is 11.3 Å². The lowest BCUT2D eigenvalue weighted by Crippen LogP contribution is -2.22. The molecule has 5 heteroatoms. The van der Waals surface area contributed by atoms with Gasteiger partial charge >= 0.3 is 5.97 Å². The monoisotopic (exact) mass is 295 g/mol. The number of carbonyl (C=O) groups is 1. The highest BCUT2D eigenvalue weighted by Crippen LogP contribution is 2.36. The van der Waals surface area contributed by atoms with Crippen molar-refractivity contribution in [2.75, 3.05) is 13.1 Å². The zero-order chi connectivity index (χ0) is 13.4. The first-order valence-electron chi connectivity index (χ1n) is 6.26. The van der Waals surface area contributed by atoms with Gasteiger partial charge in [-0.25, -0.2) is 0 Å². The molecule has 0 spiro atoms. The van der Waals surface area contributed by atoms with E-state index in [-0.39, 0.29) is 5.92 Å². The molecule has 2 heterocycles. The van der Waals surface area contributed by atoms with E-state index in [0.717, 1.165) is 34.8 Å². The maximum absolute atomic E-state index is 11.0. The first-order chi connectivity index (χ1) is 9.15. The number of halogens is 1. The molecule has 0 radical (unpaired) electrons. The summed E-state index contributed by atoms with van der Waals surface area (Å²) >= 11 is 8.10. The molecule has 1 N–H and O–H groups in total. The van der Waals surface area contributed by atoms with Crippen molar-refractivity contribution in [3.63, 3.8) is 0 Å². The largest absolute Gasteiger partial charge is 0.481 e. The van der Waals surface area contributed by atoms with E-state index < -0.39 is 5.97 Å². The molecule has 19 heavy (non-hydrogen) atoms. The molecule has 3 rings (SSSR count). The van der Waals surface area contributed by atoms with Gasteiger partial charge in [-0.1, -0.05) is 29.8 Å². The summed E-state index contributed by atoms with van der Waals surface area (Å²) in [5.74, 6) is -0.918. The van der Waals surface area contributed by atoms with Crippen LogP contribution in [0.3, 0.4) is 0 Å². The Morgan fingerprint density at radius 3 is 2.95 bits per heavy atom. The Kier molecular flexibility index (Phi) is 3.48. The summed E-state index contributed by atoms with van der Waals surface area (Å²) in [6, 6.07) is 8.09. The molecule has 0 aliphatic carbocycles. The molecular formula is C14H14ClNO2S. The molecule has 1 aliphatic heterocycles. The van der Waals surface area contributed by atoms with Crippen molar-refractivity contribution < 1.29 is 9.90 Å². The van der Waals surface area contributed by atoms with Crippen LogP contribution in [0.4, 0.5) is 0 Å². The first-order valence-corrected chi connectivity index (χ1v) is 7.45. The average Bonchev–Trinajstić information content (AvgIpc) is 2.97. The highest BCUT2D eigenvalue weighted by atomic mass is 35.5. The highest BCUT2D eigenvalue weighted by molar-refractivity contribution is 7.19. The van der Waals surface area contributed by atoms with Crippen LogP contribution in [0.15, 0.2) is 24.3 Å². The van der Waals surface area contributed by atoms with Crippen molar-refractivity contribution in [2.45, 2.75) is 13.0 Å². The summed E-state index contributed by atoms with van der Waals surface area (Å²) in [5.41, 5.74) is 0. The van der Waals surface area contributed by atoms with Gasteiger partial charge in [-0.15, -0.1) is 11.3 Å². The number of thiophene rings is 1. The van der Waals surface area contributed by atoms with Crippen molar-refractivity contribution in [2.24, 2.45) is 5.92 Å². The minimum atomic E-state index is -0.690. The summed E-state index contributed by atoms with van der Waals surface area (Å²) in [6.07, 6.45) is 0.734. The molecular weight excluding hydrogens is 282 g/mol. The Morgan fingerprint density at radius 2 is 2.26 bits per heavy atom. The first kappa shape index (κ1) is 12.9. The fraction of sp³-hybridized carbons (Fsp3) is 0.357. The standard InChI is InChI=1S/C14H14ClNO2S/c15-13-10-3-1-2-4-11(10)19-12(13)8-16-6-5-9(7-16)14(17)18/h1-4,9H,5-8H2,(H,17,18)/t9-/m0/s1. The van der Waals surface area contributed by atoms with Crippen LogP contribution in [0.2, 0.25) is 5.02 Å². The van der Waals surface area contributed by atoms with Gasteiger partial charge in [-0.3, -0.25) is 9.69 Å². The van der Waals surface area contributed by atoms with Crippen LogP contribution < -0.4 is 0 Å². The second-order valence-electron chi connectivity index (χ2n) is 4.89. The molecule has 3 nitrogen and oxygen atoms in total. The van der Waals surface area contributed by atoms with E-state index in [0.29, 0.717) is 6.54 Å². The van der Waals surface area contributed by atoms with Crippen molar-refractivity contribution in [1.82, 2.24) is 4.90 Å². The molecule has 2 aromatic rings. The molecule has 1 aliphatic rings. The predicted octanol–water partition coefficient (Wildman–Crippen LogP) is 3.46. The van der Waals surface area contributed by atoms with E-state index in [1.807, 2.05) is 18.2 Å². The number of fused-ring (bicyclic) bond motifs is 1. The van der Waals surface area contributed by atoms with Crippen molar-refractivity contribution in [3.8, 4) is 0 Å². The summed E-state index contributed by atoms with van der Waals surface area (Å²) in [6.45, 7) is 2.21. The van der Waals surface area contributed by atoms with Gasteiger partial charge in [0.15, 0.2) is 0 Å². The summed E-state index contributed by atoms with van der Waals surface area (Å²) < 4.78 is 1.19. The molecule has 1 aromatic heterocycles. The number of nitrogens with zero attached hydrogens (tertiary/aromatic N) is 1. The molecule has 1 fully saturated rings. The van der Waals surface area contributed by atoms with Crippen LogP contribution in [0, 0.1) is 5.92 Å². The minimum absolute atomic E-state index is 0.229. The van der Waals surface area contributed by atoms with E-state index in [4.69, 9.17) is 16.7 Å². The molecule has 0 saturated carbocycles. The van der Waals surface area contributed by atoms with Gasteiger partial charge in [0.2, 0.25) is 0 Å². The normalized spacial score (nSPS) is 20.2. The van der Waals surface area contributed by atoms with Gasteiger partial charge in [-0.05, 0) is 19.0 Å². The number of rotatable bonds is 3. The van der Waals surface area contributed by atoms with E-state index in [1.165, 1.54) is 4.70 Å². The molecule has 0 bridgehead atoms. The Labute approximate surface area is 120 Å². The third-order valence-electron chi connectivity index (χ3n) is 3.59. The van der Waals surface area contributed by atoms with Crippen molar-refractivity contribution in [3.05, 3.63) is 34.2 Å². The van der Waals surface area contributed by atoms with Crippen LogP contribution in [0.25, 0.3) is 10.1 Å². The minimum Gasteiger partial charge on any atom is -0.481 e. The van der Waals surface area contributed by atoms with E-state index in [9.17, 15) is 4.79 Å². The predicted molar refractivity (Wildman–Crippen MR) is 77.9 cm³/mol. The zero-order valence-electron chi connectivity index (χ0n) is 10.3. The number of likely N-dealkylation sites (tertiary alicyclic amines) is 1. The Balaban J connectivity index is 1.79.